The Bertz CT molecular complexity index is 417. The summed E-state index contributed by atoms with van der Waals surface area (Å²) >= 11 is 0. The summed E-state index contributed by atoms with van der Waals surface area (Å²) in [5.41, 5.74) is 0.734. The van der Waals surface area contributed by atoms with E-state index < -0.39 is 0 Å². The van der Waals surface area contributed by atoms with Crippen LogP contribution in [-0.4, -0.2) is 20.4 Å². The molecule has 0 N–H and O–H groups in total. The first-order valence-electron chi connectivity index (χ1n) is 4.95. The second-order valence-electron chi connectivity index (χ2n) is 3.45. The van der Waals surface area contributed by atoms with Crippen LogP contribution in [-0.2, 0) is 13.1 Å². The lowest BCUT2D eigenvalue weighted by Gasteiger charge is -2.03. The predicted octanol–water partition coefficient (Wildman–Crippen LogP) is 1.59. The van der Waals surface area contributed by atoms with Gasteiger partial charge < -0.3 is 9.13 Å². The first-order valence-corrected chi connectivity index (χ1v) is 4.95. The Labute approximate surface area is 88.2 Å². The predicted molar refractivity (Wildman–Crippen MR) is 56.7 cm³/mol. The molecule has 0 radical (unpaired) electrons. The number of hydrogen-bond acceptors (Lipinski definition) is 2. The second kappa shape index (κ2) is 4.59. The van der Waals surface area contributed by atoms with Gasteiger partial charge >= 0.3 is 0 Å². The van der Waals surface area contributed by atoms with E-state index in [1.807, 2.05) is 40.1 Å². The Balaban J connectivity index is 1.80. The van der Waals surface area contributed by atoms with E-state index in [0.717, 1.165) is 31.4 Å². The quantitative estimate of drug-likeness (QED) is 0.692. The molecule has 2 aromatic rings. The molecule has 0 aliphatic rings. The maximum absolute atomic E-state index is 10.5. The second-order valence-corrected chi connectivity index (χ2v) is 3.45. The van der Waals surface area contributed by atoms with Gasteiger partial charge in [-0.2, -0.15) is 0 Å². The van der Waals surface area contributed by atoms with Crippen LogP contribution in [0.3, 0.4) is 0 Å². The third kappa shape index (κ3) is 2.56. The van der Waals surface area contributed by atoms with Gasteiger partial charge in [0.2, 0.25) is 0 Å². The molecule has 4 heteroatoms. The van der Waals surface area contributed by atoms with Crippen molar-refractivity contribution >= 4 is 6.29 Å². The molecule has 0 aliphatic heterocycles. The molecule has 2 rings (SSSR count). The van der Waals surface area contributed by atoms with Crippen LogP contribution in [0.1, 0.15) is 16.8 Å². The van der Waals surface area contributed by atoms with Crippen LogP contribution < -0.4 is 0 Å². The fraction of sp³-hybridized carbons (Fsp3) is 0.273. The molecule has 0 aliphatic carbocycles. The molecule has 2 aromatic heterocycles. The number of hydrogen-bond donors (Lipinski definition) is 0. The van der Waals surface area contributed by atoms with E-state index in [2.05, 4.69) is 4.98 Å². The van der Waals surface area contributed by atoms with Gasteiger partial charge in [0, 0.05) is 43.4 Å². The summed E-state index contributed by atoms with van der Waals surface area (Å²) < 4.78 is 4.07. The van der Waals surface area contributed by atoms with E-state index >= 15 is 0 Å². The minimum atomic E-state index is 0.734. The lowest BCUT2D eigenvalue weighted by molar-refractivity contribution is 0.112. The fourth-order valence-corrected chi connectivity index (χ4v) is 1.52. The first kappa shape index (κ1) is 9.71. The van der Waals surface area contributed by atoms with Gasteiger partial charge in [0.25, 0.3) is 0 Å². The molecule has 0 bridgehead atoms. The highest BCUT2D eigenvalue weighted by Crippen LogP contribution is 2.00. The van der Waals surface area contributed by atoms with Crippen LogP contribution in [0.25, 0.3) is 0 Å². The number of imidazole rings is 1. The number of aldehydes is 1. The van der Waals surface area contributed by atoms with Gasteiger partial charge in [-0.15, -0.1) is 0 Å². The maximum atomic E-state index is 10.5. The smallest absolute Gasteiger partial charge is 0.151 e. The summed E-state index contributed by atoms with van der Waals surface area (Å²) in [5.74, 6) is 0. The van der Waals surface area contributed by atoms with Crippen molar-refractivity contribution in [3.63, 3.8) is 0 Å². The summed E-state index contributed by atoms with van der Waals surface area (Å²) in [6, 6.07) is 1.82. The van der Waals surface area contributed by atoms with Crippen molar-refractivity contribution in [1.82, 2.24) is 14.1 Å². The number of rotatable bonds is 5. The van der Waals surface area contributed by atoms with Gasteiger partial charge in [0.15, 0.2) is 6.29 Å². The monoisotopic (exact) mass is 203 g/mol. The van der Waals surface area contributed by atoms with Crippen molar-refractivity contribution in [2.75, 3.05) is 0 Å². The molecule has 4 nitrogen and oxygen atoms in total. The van der Waals surface area contributed by atoms with E-state index in [1.54, 1.807) is 6.20 Å². The van der Waals surface area contributed by atoms with Crippen LogP contribution in [0.4, 0.5) is 0 Å². The molecule has 0 saturated heterocycles. The van der Waals surface area contributed by atoms with Gasteiger partial charge in [-0.1, -0.05) is 0 Å². The highest BCUT2D eigenvalue weighted by Gasteiger charge is 1.95. The van der Waals surface area contributed by atoms with Crippen molar-refractivity contribution in [1.29, 1.82) is 0 Å². The number of carbonyl (C=O) groups excluding carboxylic acids is 1. The number of aromatic nitrogens is 3. The Morgan fingerprint density at radius 1 is 1.27 bits per heavy atom. The van der Waals surface area contributed by atoms with Gasteiger partial charge in [0.1, 0.15) is 0 Å². The topological polar surface area (TPSA) is 39.8 Å². The lowest BCUT2D eigenvalue weighted by atomic mass is 10.4. The molecule has 0 fully saturated rings. The molecular weight excluding hydrogens is 190 g/mol. The van der Waals surface area contributed by atoms with Crippen molar-refractivity contribution in [2.45, 2.75) is 19.5 Å². The number of carbonyl (C=O) groups is 1. The number of nitrogens with zero attached hydrogens (tertiary/aromatic N) is 3. The molecule has 0 unspecified atom stereocenters. The highest BCUT2D eigenvalue weighted by molar-refractivity contribution is 5.74. The molecule has 15 heavy (non-hydrogen) atoms. The Kier molecular flexibility index (Phi) is 2.97. The van der Waals surface area contributed by atoms with Crippen LogP contribution in [0.15, 0.2) is 37.2 Å². The van der Waals surface area contributed by atoms with E-state index in [4.69, 9.17) is 0 Å². The molecule has 0 amide bonds. The van der Waals surface area contributed by atoms with Gasteiger partial charge in [-0.3, -0.25) is 4.79 Å². The molecule has 0 atom stereocenters. The minimum absolute atomic E-state index is 0.734. The van der Waals surface area contributed by atoms with E-state index in [-0.39, 0.29) is 0 Å². The average molecular weight is 203 g/mol. The zero-order valence-electron chi connectivity index (χ0n) is 8.41. The minimum Gasteiger partial charge on any atom is -0.353 e. The van der Waals surface area contributed by atoms with Crippen LogP contribution in [0, 0.1) is 0 Å². The normalized spacial score (nSPS) is 10.4. The van der Waals surface area contributed by atoms with E-state index in [0.29, 0.717) is 0 Å². The highest BCUT2D eigenvalue weighted by atomic mass is 16.1. The van der Waals surface area contributed by atoms with Crippen LogP contribution >= 0.6 is 0 Å². The number of aryl methyl sites for hydroxylation is 2. The van der Waals surface area contributed by atoms with Gasteiger partial charge in [0.05, 0.1) is 6.33 Å². The average Bonchev–Trinajstić information content (AvgIpc) is 2.88. The van der Waals surface area contributed by atoms with E-state index in [1.165, 1.54) is 0 Å². The first-order chi connectivity index (χ1) is 7.38. The zero-order chi connectivity index (χ0) is 10.5. The third-order valence-electron chi connectivity index (χ3n) is 2.30. The molecule has 0 aromatic carbocycles. The third-order valence-corrected chi connectivity index (χ3v) is 2.30. The van der Waals surface area contributed by atoms with E-state index in [9.17, 15) is 4.79 Å². The molecular formula is C11H13N3O. The standard InChI is InChI=1S/C11H13N3O/c15-9-11-2-6-13(8-11)4-1-5-14-7-3-12-10-14/h2-3,6-10H,1,4-5H2. The summed E-state index contributed by atoms with van der Waals surface area (Å²) in [6.07, 6.45) is 11.2. The Morgan fingerprint density at radius 3 is 2.80 bits per heavy atom. The molecule has 2 heterocycles. The maximum Gasteiger partial charge on any atom is 0.151 e. The van der Waals surface area contributed by atoms with Crippen molar-refractivity contribution < 1.29 is 4.79 Å². The van der Waals surface area contributed by atoms with Crippen molar-refractivity contribution in [2.24, 2.45) is 0 Å². The lowest BCUT2D eigenvalue weighted by Crippen LogP contribution is -2.00. The summed E-state index contributed by atoms with van der Waals surface area (Å²) in [6.45, 7) is 1.88. The summed E-state index contributed by atoms with van der Waals surface area (Å²) in [4.78, 5) is 14.4. The molecule has 78 valence electrons. The Hall–Kier alpha value is -1.84. The van der Waals surface area contributed by atoms with Gasteiger partial charge in [-0.25, -0.2) is 4.98 Å². The van der Waals surface area contributed by atoms with Crippen molar-refractivity contribution in [3.05, 3.63) is 42.7 Å². The largest absolute Gasteiger partial charge is 0.353 e. The summed E-state index contributed by atoms with van der Waals surface area (Å²) in [5, 5.41) is 0. The summed E-state index contributed by atoms with van der Waals surface area (Å²) in [7, 11) is 0. The van der Waals surface area contributed by atoms with Crippen molar-refractivity contribution in [3.8, 4) is 0 Å². The van der Waals surface area contributed by atoms with Crippen LogP contribution in [0.2, 0.25) is 0 Å². The SMILES string of the molecule is O=Cc1ccn(CCCn2ccnc2)c1. The fourth-order valence-electron chi connectivity index (χ4n) is 1.52. The Morgan fingerprint density at radius 2 is 2.13 bits per heavy atom. The zero-order valence-corrected chi connectivity index (χ0v) is 8.41. The van der Waals surface area contributed by atoms with Gasteiger partial charge in [-0.05, 0) is 12.5 Å². The molecule has 0 spiro atoms. The molecule has 0 saturated carbocycles. The van der Waals surface area contributed by atoms with Crippen LogP contribution in [0.5, 0.6) is 0 Å².